The van der Waals surface area contributed by atoms with E-state index in [1.807, 2.05) is 4.57 Å². The second kappa shape index (κ2) is 6.74. The third kappa shape index (κ3) is 3.19. The van der Waals surface area contributed by atoms with E-state index in [0.717, 1.165) is 12.8 Å². The van der Waals surface area contributed by atoms with Gasteiger partial charge in [0.15, 0.2) is 0 Å². The van der Waals surface area contributed by atoms with Gasteiger partial charge in [-0.3, -0.25) is 4.79 Å². The Morgan fingerprint density at radius 1 is 1.55 bits per heavy atom. The first kappa shape index (κ1) is 16.2. The van der Waals surface area contributed by atoms with E-state index in [1.165, 1.54) is 7.11 Å². The maximum atomic E-state index is 12.2. The van der Waals surface area contributed by atoms with Gasteiger partial charge in [-0.25, -0.2) is 9.78 Å². The van der Waals surface area contributed by atoms with Gasteiger partial charge in [-0.15, -0.1) is 0 Å². The lowest BCUT2D eigenvalue weighted by molar-refractivity contribution is -0.153. The number of aliphatic hydroxyl groups excluding tert-OH is 1. The molecule has 22 heavy (non-hydrogen) atoms. The van der Waals surface area contributed by atoms with Crippen molar-refractivity contribution in [1.29, 1.82) is 0 Å². The lowest BCUT2D eigenvalue weighted by Crippen LogP contribution is -2.31. The quantitative estimate of drug-likeness (QED) is 0.600. The lowest BCUT2D eigenvalue weighted by Gasteiger charge is -2.22. The highest BCUT2D eigenvalue weighted by Crippen LogP contribution is 2.38. The number of aromatic nitrogens is 2. The molecule has 1 fully saturated rings. The Kier molecular flexibility index (Phi) is 4.97. The molecular weight excluding hydrogens is 288 g/mol. The molecule has 7 heteroatoms. The summed E-state index contributed by atoms with van der Waals surface area (Å²) in [6, 6.07) is 0.279. The second-order valence-corrected chi connectivity index (χ2v) is 5.12. The van der Waals surface area contributed by atoms with E-state index in [2.05, 4.69) is 16.3 Å². The van der Waals surface area contributed by atoms with Gasteiger partial charge in [-0.1, -0.05) is 6.58 Å². The molecule has 1 heterocycles. The van der Waals surface area contributed by atoms with E-state index >= 15 is 0 Å². The molecule has 1 aliphatic rings. The van der Waals surface area contributed by atoms with E-state index in [4.69, 9.17) is 4.74 Å². The SMILES string of the molecule is C=C(C(=O)OC)C(C(=O)OCC)C(O)c1nccn1C1CC1. The van der Waals surface area contributed by atoms with Crippen molar-refractivity contribution >= 4 is 11.9 Å². The highest BCUT2D eigenvalue weighted by Gasteiger charge is 2.39. The zero-order valence-corrected chi connectivity index (χ0v) is 12.7. The molecule has 0 spiro atoms. The highest BCUT2D eigenvalue weighted by atomic mass is 16.5. The summed E-state index contributed by atoms with van der Waals surface area (Å²) in [5.74, 6) is -2.41. The van der Waals surface area contributed by atoms with E-state index in [1.54, 1.807) is 19.3 Å². The van der Waals surface area contributed by atoms with Crippen LogP contribution >= 0.6 is 0 Å². The van der Waals surface area contributed by atoms with Crippen LogP contribution in [0.2, 0.25) is 0 Å². The van der Waals surface area contributed by atoms with E-state index < -0.39 is 24.0 Å². The molecule has 1 aliphatic carbocycles. The van der Waals surface area contributed by atoms with Gasteiger partial charge in [0.25, 0.3) is 0 Å². The lowest BCUT2D eigenvalue weighted by atomic mass is 9.93. The van der Waals surface area contributed by atoms with Crippen LogP contribution in [0.4, 0.5) is 0 Å². The molecule has 7 nitrogen and oxygen atoms in total. The Hall–Kier alpha value is -2.15. The number of nitrogens with zero attached hydrogens (tertiary/aromatic N) is 2. The van der Waals surface area contributed by atoms with Crippen LogP contribution in [0.5, 0.6) is 0 Å². The molecule has 0 bridgehead atoms. The number of aliphatic hydroxyl groups is 1. The van der Waals surface area contributed by atoms with Crippen LogP contribution in [-0.4, -0.2) is 40.3 Å². The molecule has 2 rings (SSSR count). The van der Waals surface area contributed by atoms with Gasteiger partial charge in [0.1, 0.15) is 17.8 Å². The summed E-state index contributed by atoms with van der Waals surface area (Å²) in [5.41, 5.74) is -0.154. The van der Waals surface area contributed by atoms with Crippen LogP contribution in [0, 0.1) is 5.92 Å². The van der Waals surface area contributed by atoms with Crippen molar-refractivity contribution in [2.24, 2.45) is 5.92 Å². The molecule has 1 aromatic heterocycles. The average Bonchev–Trinajstić information content (AvgIpc) is 3.23. The minimum Gasteiger partial charge on any atom is -0.466 e. The first-order valence-electron chi connectivity index (χ1n) is 7.15. The van der Waals surface area contributed by atoms with Crippen LogP contribution in [-0.2, 0) is 19.1 Å². The van der Waals surface area contributed by atoms with Crippen LogP contribution in [0.25, 0.3) is 0 Å². The first-order valence-corrected chi connectivity index (χ1v) is 7.15. The number of methoxy groups -OCH3 is 1. The zero-order chi connectivity index (χ0) is 16.3. The Labute approximate surface area is 128 Å². The predicted molar refractivity (Wildman–Crippen MR) is 76.7 cm³/mol. The van der Waals surface area contributed by atoms with Crippen LogP contribution in [0.3, 0.4) is 0 Å². The molecule has 1 N–H and O–H groups in total. The third-order valence-corrected chi connectivity index (χ3v) is 3.58. The Bertz CT molecular complexity index is 576. The topological polar surface area (TPSA) is 90.7 Å². The number of hydrogen-bond donors (Lipinski definition) is 1. The summed E-state index contributed by atoms with van der Waals surface area (Å²) in [4.78, 5) is 28.0. The van der Waals surface area contributed by atoms with Crippen molar-refractivity contribution < 1.29 is 24.2 Å². The number of ether oxygens (including phenoxy) is 2. The zero-order valence-electron chi connectivity index (χ0n) is 12.7. The van der Waals surface area contributed by atoms with Crippen molar-refractivity contribution in [2.75, 3.05) is 13.7 Å². The molecule has 120 valence electrons. The largest absolute Gasteiger partial charge is 0.466 e. The number of rotatable bonds is 7. The molecule has 0 amide bonds. The molecule has 0 radical (unpaired) electrons. The van der Waals surface area contributed by atoms with Gasteiger partial charge in [-0.05, 0) is 19.8 Å². The molecule has 2 unspecified atom stereocenters. The van der Waals surface area contributed by atoms with Crippen LogP contribution in [0.15, 0.2) is 24.5 Å². The van der Waals surface area contributed by atoms with Crippen LogP contribution in [0.1, 0.15) is 37.7 Å². The number of esters is 2. The molecule has 1 aromatic rings. The number of imidazole rings is 1. The molecule has 1 saturated carbocycles. The fourth-order valence-electron chi connectivity index (χ4n) is 2.32. The maximum absolute atomic E-state index is 12.2. The van der Waals surface area contributed by atoms with Gasteiger partial charge in [0.2, 0.25) is 0 Å². The van der Waals surface area contributed by atoms with Crippen molar-refractivity contribution in [1.82, 2.24) is 9.55 Å². The fraction of sp³-hybridized carbons (Fsp3) is 0.533. The normalized spacial score (nSPS) is 16.7. The number of carbonyl (C=O) groups excluding carboxylic acids is 2. The predicted octanol–water partition coefficient (Wildman–Crippen LogP) is 1.16. The van der Waals surface area contributed by atoms with Gasteiger partial charge in [0, 0.05) is 24.0 Å². The minimum absolute atomic E-state index is 0.133. The number of hydrogen-bond acceptors (Lipinski definition) is 6. The van der Waals surface area contributed by atoms with Gasteiger partial charge in [0.05, 0.1) is 13.7 Å². The molecule has 0 saturated heterocycles. The third-order valence-electron chi connectivity index (χ3n) is 3.58. The van der Waals surface area contributed by atoms with Crippen molar-refractivity contribution in [2.45, 2.75) is 31.9 Å². The summed E-state index contributed by atoms with van der Waals surface area (Å²) >= 11 is 0. The Morgan fingerprint density at radius 3 is 2.77 bits per heavy atom. The highest BCUT2D eigenvalue weighted by molar-refractivity contribution is 5.95. The van der Waals surface area contributed by atoms with Crippen molar-refractivity contribution in [3.8, 4) is 0 Å². The summed E-state index contributed by atoms with van der Waals surface area (Å²) in [6.45, 7) is 5.36. The van der Waals surface area contributed by atoms with E-state index in [-0.39, 0.29) is 18.2 Å². The molecule has 0 aliphatic heterocycles. The van der Waals surface area contributed by atoms with E-state index in [9.17, 15) is 14.7 Å². The fourth-order valence-corrected chi connectivity index (χ4v) is 2.32. The van der Waals surface area contributed by atoms with Crippen LogP contribution < -0.4 is 0 Å². The van der Waals surface area contributed by atoms with Crippen molar-refractivity contribution in [3.63, 3.8) is 0 Å². The van der Waals surface area contributed by atoms with Gasteiger partial charge in [-0.2, -0.15) is 0 Å². The van der Waals surface area contributed by atoms with Gasteiger partial charge >= 0.3 is 11.9 Å². The maximum Gasteiger partial charge on any atom is 0.334 e. The smallest absolute Gasteiger partial charge is 0.334 e. The summed E-state index contributed by atoms with van der Waals surface area (Å²) in [5, 5.41) is 10.6. The monoisotopic (exact) mass is 308 g/mol. The minimum atomic E-state index is -1.32. The molecule has 0 aromatic carbocycles. The van der Waals surface area contributed by atoms with Crippen molar-refractivity contribution in [3.05, 3.63) is 30.4 Å². The summed E-state index contributed by atoms with van der Waals surface area (Å²) in [6.07, 6.45) is 3.98. The van der Waals surface area contributed by atoms with E-state index in [0.29, 0.717) is 5.82 Å². The Balaban J connectivity index is 2.30. The first-order chi connectivity index (χ1) is 10.5. The second-order valence-electron chi connectivity index (χ2n) is 5.12. The summed E-state index contributed by atoms with van der Waals surface area (Å²) < 4.78 is 11.4. The average molecular weight is 308 g/mol. The number of carbonyl (C=O) groups is 2. The molecule has 2 atom stereocenters. The Morgan fingerprint density at radius 2 is 2.23 bits per heavy atom. The van der Waals surface area contributed by atoms with Gasteiger partial charge < -0.3 is 19.1 Å². The summed E-state index contributed by atoms with van der Waals surface area (Å²) in [7, 11) is 1.19. The molecular formula is C15H20N2O5. The standard InChI is InChI=1S/C15H20N2O5/c1-4-22-15(20)11(9(2)14(19)21-3)12(18)13-16-7-8-17(13)10-5-6-10/h7-8,10-12,18H,2,4-6H2,1,3H3.